The van der Waals surface area contributed by atoms with E-state index in [1.807, 2.05) is 12.2 Å². The first-order chi connectivity index (χ1) is 8.79. The number of nitrogens with zero attached hydrogens (tertiary/aromatic N) is 1. The molecule has 0 atom stereocenters. The third kappa shape index (κ3) is 2.75. The molecule has 0 radical (unpaired) electrons. The summed E-state index contributed by atoms with van der Waals surface area (Å²) >= 11 is 0. The molecule has 0 aromatic carbocycles. The molecule has 0 amide bonds. The van der Waals surface area contributed by atoms with Crippen LogP contribution in [0.1, 0.15) is 31.9 Å². The molecule has 1 heterocycles. The van der Waals surface area contributed by atoms with Gasteiger partial charge < -0.3 is 14.9 Å². The quantitative estimate of drug-likeness (QED) is 0.633. The van der Waals surface area contributed by atoms with Gasteiger partial charge in [0.1, 0.15) is 12.1 Å². The normalized spacial score (nSPS) is 14.3. The van der Waals surface area contributed by atoms with Crippen molar-refractivity contribution in [2.45, 2.75) is 45.8 Å². The van der Waals surface area contributed by atoms with Crippen molar-refractivity contribution < 1.29 is 19.7 Å². The summed E-state index contributed by atoms with van der Waals surface area (Å²) in [5.41, 5.74) is 0.781. The Morgan fingerprint density at radius 3 is 2.11 bits per heavy atom. The van der Waals surface area contributed by atoms with Crippen LogP contribution >= 0.6 is 0 Å². The van der Waals surface area contributed by atoms with Gasteiger partial charge in [0.15, 0.2) is 11.8 Å². The second-order valence-electron chi connectivity index (χ2n) is 5.66. The van der Waals surface area contributed by atoms with E-state index < -0.39 is 11.6 Å². The molecule has 5 heteroatoms. The first kappa shape index (κ1) is 13.5. The van der Waals surface area contributed by atoms with E-state index in [-0.39, 0.29) is 18.3 Å². The largest absolute Gasteiger partial charge is 0.494 e. The minimum absolute atomic E-state index is 0.0530. The summed E-state index contributed by atoms with van der Waals surface area (Å²) in [5, 5.41) is 20.1. The van der Waals surface area contributed by atoms with Crippen molar-refractivity contribution in [3.8, 4) is 11.8 Å². The molecule has 0 saturated heterocycles. The number of hydrogen-bond acceptors (Lipinski definition) is 4. The van der Waals surface area contributed by atoms with Gasteiger partial charge in [0.2, 0.25) is 0 Å². The van der Waals surface area contributed by atoms with Gasteiger partial charge in [-0.1, -0.05) is 12.2 Å². The van der Waals surface area contributed by atoms with Crippen LogP contribution in [0.5, 0.6) is 11.8 Å². The van der Waals surface area contributed by atoms with Crippen LogP contribution in [-0.2, 0) is 28.9 Å². The summed E-state index contributed by atoms with van der Waals surface area (Å²) in [5.74, 6) is -0.594. The maximum atomic E-state index is 11.8. The van der Waals surface area contributed by atoms with E-state index in [1.165, 1.54) is 4.57 Å². The van der Waals surface area contributed by atoms with Crippen LogP contribution in [0.3, 0.4) is 0 Å². The zero-order chi connectivity index (χ0) is 14.2. The number of ether oxygens (including phenoxy) is 1. The molecule has 1 aromatic heterocycles. The number of carbonyl (C=O) groups is 1. The third-order valence-corrected chi connectivity index (χ3v) is 2.93. The molecule has 0 fully saturated rings. The average molecular weight is 265 g/mol. The molecule has 1 aliphatic carbocycles. The Labute approximate surface area is 112 Å². The molecule has 1 aromatic rings. The number of allylic oxidation sites excluding steroid dienone is 2. The van der Waals surface area contributed by atoms with E-state index in [1.54, 1.807) is 20.8 Å². The van der Waals surface area contributed by atoms with Crippen molar-refractivity contribution in [3.63, 3.8) is 0 Å². The predicted molar refractivity (Wildman–Crippen MR) is 70.2 cm³/mol. The average Bonchev–Trinajstić information content (AvgIpc) is 2.53. The monoisotopic (exact) mass is 265 g/mol. The number of fused-ring (bicyclic) bond motifs is 1. The van der Waals surface area contributed by atoms with E-state index in [4.69, 9.17) is 4.74 Å². The van der Waals surface area contributed by atoms with Crippen LogP contribution in [0.15, 0.2) is 12.2 Å². The molecular formula is C14H19NO4. The van der Waals surface area contributed by atoms with Crippen molar-refractivity contribution >= 4 is 5.97 Å². The SMILES string of the molecule is CC(C)(C)OC(=O)Cn1c(O)c2c(c1O)CC=CC2. The Morgan fingerprint density at radius 2 is 1.68 bits per heavy atom. The fourth-order valence-electron chi connectivity index (χ4n) is 2.18. The topological polar surface area (TPSA) is 71.7 Å². The number of esters is 1. The van der Waals surface area contributed by atoms with Gasteiger partial charge in [-0.3, -0.25) is 9.36 Å². The molecule has 2 rings (SSSR count). The molecule has 0 bridgehead atoms. The summed E-state index contributed by atoms with van der Waals surface area (Å²) in [4.78, 5) is 11.8. The van der Waals surface area contributed by atoms with Crippen molar-refractivity contribution in [1.82, 2.24) is 4.57 Å². The fraction of sp³-hybridized carbons (Fsp3) is 0.500. The van der Waals surface area contributed by atoms with Gasteiger partial charge in [0.05, 0.1) is 0 Å². The molecule has 1 aliphatic rings. The lowest BCUT2D eigenvalue weighted by atomic mass is 10.0. The second kappa shape index (κ2) is 4.64. The molecular weight excluding hydrogens is 246 g/mol. The van der Waals surface area contributed by atoms with Crippen LogP contribution in [0.25, 0.3) is 0 Å². The van der Waals surface area contributed by atoms with Gasteiger partial charge in [-0.25, -0.2) is 0 Å². The zero-order valence-electron chi connectivity index (χ0n) is 11.4. The van der Waals surface area contributed by atoms with E-state index in [9.17, 15) is 15.0 Å². The minimum atomic E-state index is -0.587. The van der Waals surface area contributed by atoms with Crippen LogP contribution < -0.4 is 0 Å². The summed E-state index contributed by atoms with van der Waals surface area (Å²) in [7, 11) is 0. The number of aromatic hydroxyl groups is 2. The van der Waals surface area contributed by atoms with Gasteiger partial charge in [0.25, 0.3) is 0 Å². The van der Waals surface area contributed by atoms with Crippen LogP contribution in [-0.4, -0.2) is 26.4 Å². The van der Waals surface area contributed by atoms with Gasteiger partial charge in [-0.15, -0.1) is 0 Å². The molecule has 5 nitrogen and oxygen atoms in total. The zero-order valence-corrected chi connectivity index (χ0v) is 11.4. The second-order valence-corrected chi connectivity index (χ2v) is 5.66. The lowest BCUT2D eigenvalue weighted by Crippen LogP contribution is -2.26. The summed E-state index contributed by atoms with van der Waals surface area (Å²) in [6.07, 6.45) is 4.99. The van der Waals surface area contributed by atoms with Crippen molar-refractivity contribution in [2.75, 3.05) is 0 Å². The lowest BCUT2D eigenvalue weighted by molar-refractivity contribution is -0.155. The molecule has 0 unspecified atom stereocenters. The Hall–Kier alpha value is -1.91. The van der Waals surface area contributed by atoms with E-state index in [2.05, 4.69) is 0 Å². The first-order valence-corrected chi connectivity index (χ1v) is 6.28. The Morgan fingerprint density at radius 1 is 1.21 bits per heavy atom. The lowest BCUT2D eigenvalue weighted by Gasteiger charge is -2.19. The van der Waals surface area contributed by atoms with Crippen LogP contribution in [0.2, 0.25) is 0 Å². The van der Waals surface area contributed by atoms with Crippen LogP contribution in [0, 0.1) is 0 Å². The number of hydrogen-bond donors (Lipinski definition) is 2. The predicted octanol–water partition coefficient (Wildman–Crippen LogP) is 1.90. The fourth-order valence-corrected chi connectivity index (χ4v) is 2.18. The Balaban J connectivity index is 2.22. The smallest absolute Gasteiger partial charge is 0.326 e. The van der Waals surface area contributed by atoms with E-state index in [0.29, 0.717) is 24.0 Å². The molecule has 0 saturated carbocycles. The molecule has 0 spiro atoms. The van der Waals surface area contributed by atoms with Gasteiger partial charge in [0, 0.05) is 11.1 Å². The third-order valence-electron chi connectivity index (χ3n) is 2.93. The highest BCUT2D eigenvalue weighted by Gasteiger charge is 2.25. The number of aromatic nitrogens is 1. The maximum Gasteiger partial charge on any atom is 0.326 e. The minimum Gasteiger partial charge on any atom is -0.494 e. The maximum absolute atomic E-state index is 11.8. The van der Waals surface area contributed by atoms with Crippen molar-refractivity contribution in [2.24, 2.45) is 0 Å². The molecule has 0 aliphatic heterocycles. The van der Waals surface area contributed by atoms with Crippen molar-refractivity contribution in [1.29, 1.82) is 0 Å². The van der Waals surface area contributed by atoms with Crippen molar-refractivity contribution in [3.05, 3.63) is 23.3 Å². The van der Waals surface area contributed by atoms with E-state index in [0.717, 1.165) is 0 Å². The summed E-state index contributed by atoms with van der Waals surface area (Å²) in [6.45, 7) is 5.13. The summed E-state index contributed by atoms with van der Waals surface area (Å²) < 4.78 is 6.39. The standard InChI is InChI=1S/C14H19NO4/c1-14(2,3)19-11(16)8-15-12(17)9-6-4-5-7-10(9)13(15)18/h4-5,17-18H,6-8H2,1-3H3. The highest BCUT2D eigenvalue weighted by molar-refractivity contribution is 5.71. The van der Waals surface area contributed by atoms with Gasteiger partial charge in [-0.2, -0.15) is 0 Å². The molecule has 2 N–H and O–H groups in total. The highest BCUT2D eigenvalue weighted by atomic mass is 16.6. The molecule has 104 valence electrons. The molecule has 19 heavy (non-hydrogen) atoms. The van der Waals surface area contributed by atoms with Gasteiger partial charge in [-0.05, 0) is 33.6 Å². The Kier molecular flexibility index (Phi) is 3.30. The Bertz CT molecular complexity index is 503. The highest BCUT2D eigenvalue weighted by Crippen LogP contribution is 2.36. The number of rotatable bonds is 2. The number of carbonyl (C=O) groups excluding carboxylic acids is 1. The van der Waals surface area contributed by atoms with E-state index >= 15 is 0 Å². The first-order valence-electron chi connectivity index (χ1n) is 6.28. The van der Waals surface area contributed by atoms with Crippen LogP contribution in [0.4, 0.5) is 0 Å². The van der Waals surface area contributed by atoms with Gasteiger partial charge >= 0.3 is 5.97 Å². The summed E-state index contributed by atoms with van der Waals surface area (Å²) in [6, 6.07) is 0.